The quantitative estimate of drug-likeness (QED) is 0.213. The predicted octanol–water partition coefficient (Wildman–Crippen LogP) is 2.97. The van der Waals surface area contributed by atoms with E-state index >= 15 is 0 Å². The van der Waals surface area contributed by atoms with Crippen molar-refractivity contribution >= 4 is 18.5 Å². The minimum atomic E-state index is -0.318. The molecule has 3 rings (SSSR count). The highest BCUT2D eigenvalue weighted by Crippen LogP contribution is 2.49. The number of benzene rings is 1. The molecule has 8 heteroatoms. The van der Waals surface area contributed by atoms with Gasteiger partial charge in [0.1, 0.15) is 17.7 Å². The van der Waals surface area contributed by atoms with Crippen molar-refractivity contribution in [2.24, 2.45) is 34.5 Å². The van der Waals surface area contributed by atoms with Crippen molar-refractivity contribution in [1.82, 2.24) is 4.90 Å². The lowest BCUT2D eigenvalue weighted by Crippen LogP contribution is -2.31. The van der Waals surface area contributed by atoms with Gasteiger partial charge in [0, 0.05) is 0 Å². The number of likely N-dealkylation sites (tertiary alicyclic amines) is 1. The van der Waals surface area contributed by atoms with Crippen LogP contribution in [0.1, 0.15) is 46.5 Å². The van der Waals surface area contributed by atoms with E-state index in [0.717, 1.165) is 35.8 Å². The van der Waals surface area contributed by atoms with Gasteiger partial charge in [-0.25, -0.2) is 5.84 Å². The zero-order valence-corrected chi connectivity index (χ0v) is 19.4. The van der Waals surface area contributed by atoms with E-state index < -0.39 is 0 Å². The van der Waals surface area contributed by atoms with E-state index in [0.29, 0.717) is 6.47 Å². The SMILES string of the molecule is CC(C)(C)OC=O.CN1CCC(C2CC2CCOc2ccc(N(N)/C=N\N)cc2)CC1. The smallest absolute Gasteiger partial charge is 0.293 e. The van der Waals surface area contributed by atoms with Crippen LogP contribution in [-0.4, -0.2) is 50.1 Å². The Labute approximate surface area is 186 Å². The third-order valence-electron chi connectivity index (χ3n) is 5.83. The second-order valence-corrected chi connectivity index (χ2v) is 9.43. The van der Waals surface area contributed by atoms with Crippen molar-refractivity contribution in [3.8, 4) is 5.75 Å². The number of hydrogen-bond acceptors (Lipinski definition) is 7. The zero-order chi connectivity index (χ0) is 22.9. The number of hydrogen-bond donors (Lipinski definition) is 2. The van der Waals surface area contributed by atoms with E-state index in [9.17, 15) is 4.79 Å². The lowest BCUT2D eigenvalue weighted by Gasteiger charge is -2.29. The van der Waals surface area contributed by atoms with Crippen LogP contribution < -0.4 is 21.4 Å². The summed E-state index contributed by atoms with van der Waals surface area (Å²) in [6, 6.07) is 7.66. The topological polar surface area (TPSA) is 106 Å². The van der Waals surface area contributed by atoms with Crippen molar-refractivity contribution in [1.29, 1.82) is 0 Å². The molecule has 0 bridgehead atoms. The molecule has 0 amide bonds. The van der Waals surface area contributed by atoms with Crippen molar-refractivity contribution < 1.29 is 14.3 Å². The van der Waals surface area contributed by atoms with Gasteiger partial charge in [0.05, 0.1) is 12.3 Å². The molecule has 1 heterocycles. The van der Waals surface area contributed by atoms with Gasteiger partial charge in [0.15, 0.2) is 0 Å². The normalized spacial score (nSPS) is 21.8. The minimum absolute atomic E-state index is 0.318. The first-order valence-corrected chi connectivity index (χ1v) is 11.0. The number of ether oxygens (including phenoxy) is 2. The number of hydrazine groups is 1. The van der Waals surface area contributed by atoms with Crippen LogP contribution >= 0.6 is 0 Å². The second-order valence-electron chi connectivity index (χ2n) is 9.43. The maximum atomic E-state index is 9.60. The first-order chi connectivity index (χ1) is 14.7. The Balaban J connectivity index is 0.000000423. The van der Waals surface area contributed by atoms with Crippen LogP contribution in [0.15, 0.2) is 29.4 Å². The molecule has 0 aromatic heterocycles. The summed E-state index contributed by atoms with van der Waals surface area (Å²) in [6.07, 6.45) is 6.69. The summed E-state index contributed by atoms with van der Waals surface area (Å²) in [5, 5.41) is 4.78. The van der Waals surface area contributed by atoms with Crippen LogP contribution in [0.4, 0.5) is 5.69 Å². The van der Waals surface area contributed by atoms with Gasteiger partial charge in [-0.05, 0) is 109 Å². The monoisotopic (exact) mass is 433 g/mol. The molecule has 4 N–H and O–H groups in total. The molecule has 8 nitrogen and oxygen atoms in total. The van der Waals surface area contributed by atoms with Crippen molar-refractivity contribution in [3.63, 3.8) is 0 Å². The molecule has 1 saturated carbocycles. The van der Waals surface area contributed by atoms with Gasteiger partial charge in [-0.1, -0.05) is 0 Å². The summed E-state index contributed by atoms with van der Waals surface area (Å²) in [4.78, 5) is 12.0. The van der Waals surface area contributed by atoms with Gasteiger partial charge in [-0.2, -0.15) is 5.10 Å². The lowest BCUT2D eigenvalue weighted by molar-refractivity contribution is -0.138. The van der Waals surface area contributed by atoms with E-state index in [1.807, 2.05) is 45.0 Å². The molecule has 1 aliphatic carbocycles. The average Bonchev–Trinajstić information content (AvgIpc) is 3.48. The Morgan fingerprint density at radius 3 is 2.39 bits per heavy atom. The molecule has 2 aliphatic rings. The fourth-order valence-corrected chi connectivity index (χ4v) is 3.96. The van der Waals surface area contributed by atoms with E-state index in [2.05, 4.69) is 21.8 Å². The number of carbonyl (C=O) groups excluding carboxylic acids is 1. The molecule has 31 heavy (non-hydrogen) atoms. The molecular formula is C23H39N5O3. The number of rotatable bonds is 8. The van der Waals surface area contributed by atoms with Crippen molar-refractivity contribution in [3.05, 3.63) is 24.3 Å². The average molecular weight is 434 g/mol. The Morgan fingerprint density at radius 1 is 1.23 bits per heavy atom. The number of piperidine rings is 1. The highest BCUT2D eigenvalue weighted by Gasteiger charge is 2.42. The number of hydrazone groups is 1. The highest BCUT2D eigenvalue weighted by molar-refractivity contribution is 5.77. The molecule has 2 unspecified atom stereocenters. The Hall–Kier alpha value is -2.32. The Bertz CT molecular complexity index is 681. The van der Waals surface area contributed by atoms with Gasteiger partial charge in [-0.15, -0.1) is 0 Å². The zero-order valence-electron chi connectivity index (χ0n) is 19.4. The first-order valence-electron chi connectivity index (χ1n) is 11.0. The van der Waals surface area contributed by atoms with Crippen LogP contribution in [0.3, 0.4) is 0 Å². The van der Waals surface area contributed by atoms with Gasteiger partial charge in [-0.3, -0.25) is 9.80 Å². The Morgan fingerprint density at radius 2 is 1.87 bits per heavy atom. The fourth-order valence-electron chi connectivity index (χ4n) is 3.96. The third kappa shape index (κ3) is 9.14. The van der Waals surface area contributed by atoms with E-state index in [4.69, 9.17) is 16.4 Å². The van der Waals surface area contributed by atoms with Crippen LogP contribution in [0.25, 0.3) is 0 Å². The van der Waals surface area contributed by atoms with Gasteiger partial charge < -0.3 is 20.2 Å². The summed E-state index contributed by atoms with van der Waals surface area (Å²) in [5.41, 5.74) is 0.503. The summed E-state index contributed by atoms with van der Waals surface area (Å²) in [6.45, 7) is 9.25. The molecule has 0 spiro atoms. The number of anilines is 1. The lowest BCUT2D eigenvalue weighted by atomic mass is 9.91. The number of carbonyl (C=O) groups is 1. The van der Waals surface area contributed by atoms with E-state index in [-0.39, 0.29) is 5.60 Å². The number of nitrogens with zero attached hydrogens (tertiary/aromatic N) is 3. The Kier molecular flexibility index (Phi) is 9.58. The molecule has 1 aromatic carbocycles. The largest absolute Gasteiger partial charge is 0.494 e. The molecule has 1 saturated heterocycles. The second kappa shape index (κ2) is 11.9. The first kappa shape index (κ1) is 24.9. The van der Waals surface area contributed by atoms with Crippen LogP contribution in [0, 0.1) is 17.8 Å². The minimum Gasteiger partial charge on any atom is -0.494 e. The van der Waals surface area contributed by atoms with Gasteiger partial charge >= 0.3 is 0 Å². The fraction of sp³-hybridized carbons (Fsp3) is 0.652. The van der Waals surface area contributed by atoms with Crippen molar-refractivity contribution in [2.75, 3.05) is 31.8 Å². The van der Waals surface area contributed by atoms with Crippen LogP contribution in [0.5, 0.6) is 5.75 Å². The molecule has 2 atom stereocenters. The van der Waals surface area contributed by atoms with Gasteiger partial charge in [0.2, 0.25) is 0 Å². The molecule has 0 radical (unpaired) electrons. The number of nitrogens with two attached hydrogens (primary N) is 2. The van der Waals surface area contributed by atoms with Gasteiger partial charge in [0.25, 0.3) is 6.47 Å². The summed E-state index contributed by atoms with van der Waals surface area (Å²) in [7, 11) is 2.23. The summed E-state index contributed by atoms with van der Waals surface area (Å²) < 4.78 is 10.4. The summed E-state index contributed by atoms with van der Waals surface area (Å²) >= 11 is 0. The van der Waals surface area contributed by atoms with Crippen LogP contribution in [-0.2, 0) is 9.53 Å². The maximum Gasteiger partial charge on any atom is 0.293 e. The predicted molar refractivity (Wildman–Crippen MR) is 125 cm³/mol. The van der Waals surface area contributed by atoms with Crippen LogP contribution in [0.2, 0.25) is 0 Å². The molecule has 174 valence electrons. The molecule has 1 aromatic rings. The summed E-state index contributed by atoms with van der Waals surface area (Å²) in [5.74, 6) is 14.5. The molecule has 2 fully saturated rings. The third-order valence-corrected chi connectivity index (χ3v) is 5.83. The van der Waals surface area contributed by atoms with Crippen molar-refractivity contribution in [2.45, 2.75) is 52.1 Å². The standard InChI is InChI=1S/C18H29N5O.C5H10O2/c1-22-9-6-14(7-10-22)18-12-15(18)8-11-24-17-4-2-16(3-5-17)23(20)13-21-19;1-5(2,3)7-4-6/h2-5,13-15,18H,6-12,19-20H2,1H3;4H,1-3H3/b21-13-;. The molecular weight excluding hydrogens is 394 g/mol. The highest BCUT2D eigenvalue weighted by atomic mass is 16.5. The van der Waals surface area contributed by atoms with E-state index in [1.165, 1.54) is 50.1 Å². The molecule has 1 aliphatic heterocycles. The van der Waals surface area contributed by atoms with E-state index in [1.54, 1.807) is 0 Å². The maximum absolute atomic E-state index is 9.60.